The molecule has 2 nitrogen and oxygen atoms in total. The third-order valence-electron chi connectivity index (χ3n) is 3.38. The van der Waals surface area contributed by atoms with E-state index in [0.717, 1.165) is 29.7 Å². The molecule has 0 aromatic heterocycles. The van der Waals surface area contributed by atoms with Crippen molar-refractivity contribution in [2.45, 2.75) is 12.5 Å². The van der Waals surface area contributed by atoms with E-state index >= 15 is 0 Å². The standard InChI is InChI=1S/C16H16BrNO/c17-13-6-8-15(9-7-13)19-16-10-11-18(12-16)14-4-2-1-3-5-14/h1-9,16H,10-12H2. The summed E-state index contributed by atoms with van der Waals surface area (Å²) in [6.45, 7) is 2.02. The third kappa shape index (κ3) is 3.10. The minimum Gasteiger partial charge on any atom is -0.489 e. The molecule has 98 valence electrons. The summed E-state index contributed by atoms with van der Waals surface area (Å²) in [5.74, 6) is 0.947. The normalized spacial score (nSPS) is 18.6. The van der Waals surface area contributed by atoms with Crippen molar-refractivity contribution in [3.8, 4) is 5.75 Å². The molecular weight excluding hydrogens is 302 g/mol. The monoisotopic (exact) mass is 317 g/mol. The first-order valence-electron chi connectivity index (χ1n) is 6.53. The van der Waals surface area contributed by atoms with Gasteiger partial charge in [-0.25, -0.2) is 0 Å². The van der Waals surface area contributed by atoms with E-state index in [9.17, 15) is 0 Å². The van der Waals surface area contributed by atoms with E-state index in [1.807, 2.05) is 24.3 Å². The third-order valence-corrected chi connectivity index (χ3v) is 3.91. The lowest BCUT2D eigenvalue weighted by Crippen LogP contribution is -2.24. The second kappa shape index (κ2) is 5.66. The van der Waals surface area contributed by atoms with Gasteiger partial charge in [0, 0.05) is 23.1 Å². The average Bonchev–Trinajstić information content (AvgIpc) is 2.91. The SMILES string of the molecule is Brc1ccc(OC2CCN(c3ccccc3)C2)cc1. The summed E-state index contributed by atoms with van der Waals surface area (Å²) < 4.78 is 7.10. The van der Waals surface area contributed by atoms with E-state index in [4.69, 9.17) is 4.74 Å². The molecule has 1 aliphatic rings. The van der Waals surface area contributed by atoms with Crippen LogP contribution in [0.4, 0.5) is 5.69 Å². The Morgan fingerprint density at radius 1 is 1.00 bits per heavy atom. The van der Waals surface area contributed by atoms with Crippen molar-refractivity contribution in [1.29, 1.82) is 0 Å². The van der Waals surface area contributed by atoms with E-state index in [1.165, 1.54) is 5.69 Å². The van der Waals surface area contributed by atoms with Gasteiger partial charge in [-0.1, -0.05) is 34.1 Å². The smallest absolute Gasteiger partial charge is 0.119 e. The predicted molar refractivity (Wildman–Crippen MR) is 81.8 cm³/mol. The number of rotatable bonds is 3. The predicted octanol–water partition coefficient (Wildman–Crippen LogP) is 4.11. The first-order valence-corrected chi connectivity index (χ1v) is 7.33. The molecule has 1 fully saturated rings. The quantitative estimate of drug-likeness (QED) is 0.844. The van der Waals surface area contributed by atoms with Crippen molar-refractivity contribution < 1.29 is 4.74 Å². The zero-order chi connectivity index (χ0) is 13.1. The molecule has 3 heteroatoms. The molecule has 1 aliphatic heterocycles. The number of ether oxygens (including phenoxy) is 1. The molecule has 0 radical (unpaired) electrons. The van der Waals surface area contributed by atoms with Crippen LogP contribution in [-0.4, -0.2) is 19.2 Å². The van der Waals surface area contributed by atoms with Crippen LogP contribution in [0.15, 0.2) is 59.1 Å². The molecule has 2 aromatic carbocycles. The fraction of sp³-hybridized carbons (Fsp3) is 0.250. The zero-order valence-corrected chi connectivity index (χ0v) is 12.2. The molecule has 19 heavy (non-hydrogen) atoms. The van der Waals surface area contributed by atoms with Gasteiger partial charge in [-0.3, -0.25) is 0 Å². The molecule has 3 rings (SSSR count). The van der Waals surface area contributed by atoms with Crippen LogP contribution < -0.4 is 9.64 Å². The van der Waals surface area contributed by atoms with Crippen molar-refractivity contribution in [3.63, 3.8) is 0 Å². The van der Waals surface area contributed by atoms with Crippen molar-refractivity contribution in [1.82, 2.24) is 0 Å². The van der Waals surface area contributed by atoms with Crippen LogP contribution in [0.2, 0.25) is 0 Å². The Morgan fingerprint density at radius 2 is 1.74 bits per heavy atom. The topological polar surface area (TPSA) is 12.5 Å². The largest absolute Gasteiger partial charge is 0.489 e. The van der Waals surface area contributed by atoms with Crippen LogP contribution in [0.25, 0.3) is 0 Å². The van der Waals surface area contributed by atoms with Crippen LogP contribution >= 0.6 is 15.9 Å². The summed E-state index contributed by atoms with van der Waals surface area (Å²) in [6, 6.07) is 18.6. The number of nitrogens with zero attached hydrogens (tertiary/aromatic N) is 1. The van der Waals surface area contributed by atoms with Crippen LogP contribution in [0.5, 0.6) is 5.75 Å². The van der Waals surface area contributed by atoms with Crippen LogP contribution in [0, 0.1) is 0 Å². The van der Waals surface area contributed by atoms with Gasteiger partial charge < -0.3 is 9.64 Å². The van der Waals surface area contributed by atoms with Gasteiger partial charge in [-0.05, 0) is 36.4 Å². The number of hydrogen-bond donors (Lipinski definition) is 0. The summed E-state index contributed by atoms with van der Waals surface area (Å²) in [6.07, 6.45) is 1.35. The van der Waals surface area contributed by atoms with Gasteiger partial charge in [0.15, 0.2) is 0 Å². The maximum atomic E-state index is 6.02. The zero-order valence-electron chi connectivity index (χ0n) is 10.6. The maximum Gasteiger partial charge on any atom is 0.119 e. The van der Waals surface area contributed by atoms with Crippen LogP contribution in [-0.2, 0) is 0 Å². The van der Waals surface area contributed by atoms with E-state index in [0.29, 0.717) is 0 Å². The van der Waals surface area contributed by atoms with E-state index in [1.54, 1.807) is 0 Å². The second-order valence-corrected chi connectivity index (χ2v) is 5.68. The molecule has 0 N–H and O–H groups in total. The number of para-hydroxylation sites is 1. The van der Waals surface area contributed by atoms with Crippen molar-refractivity contribution in [2.75, 3.05) is 18.0 Å². The van der Waals surface area contributed by atoms with Gasteiger partial charge in [0.05, 0.1) is 6.54 Å². The molecule has 0 aliphatic carbocycles. The molecule has 2 aromatic rings. The highest BCUT2D eigenvalue weighted by molar-refractivity contribution is 9.10. The van der Waals surface area contributed by atoms with Gasteiger partial charge in [0.1, 0.15) is 11.9 Å². The van der Waals surface area contributed by atoms with Crippen molar-refractivity contribution in [2.24, 2.45) is 0 Å². The Hall–Kier alpha value is -1.48. The Morgan fingerprint density at radius 3 is 2.47 bits per heavy atom. The van der Waals surface area contributed by atoms with E-state index in [2.05, 4.69) is 51.2 Å². The summed E-state index contributed by atoms with van der Waals surface area (Å²) in [7, 11) is 0. The highest BCUT2D eigenvalue weighted by atomic mass is 79.9. The lowest BCUT2D eigenvalue weighted by molar-refractivity contribution is 0.225. The minimum absolute atomic E-state index is 0.279. The Balaban J connectivity index is 1.62. The fourth-order valence-electron chi connectivity index (χ4n) is 2.40. The molecule has 0 spiro atoms. The number of benzene rings is 2. The Kier molecular flexibility index (Phi) is 3.74. The Bertz CT molecular complexity index is 526. The number of halogens is 1. The summed E-state index contributed by atoms with van der Waals surface area (Å²) >= 11 is 3.43. The van der Waals surface area contributed by atoms with E-state index < -0.39 is 0 Å². The van der Waals surface area contributed by atoms with Gasteiger partial charge >= 0.3 is 0 Å². The maximum absolute atomic E-state index is 6.02. The first-order chi connectivity index (χ1) is 9.31. The van der Waals surface area contributed by atoms with Crippen molar-refractivity contribution in [3.05, 3.63) is 59.1 Å². The summed E-state index contributed by atoms with van der Waals surface area (Å²) in [5.41, 5.74) is 1.28. The first kappa shape index (κ1) is 12.5. The van der Waals surface area contributed by atoms with Gasteiger partial charge in [0.25, 0.3) is 0 Å². The Labute approximate surface area is 122 Å². The van der Waals surface area contributed by atoms with E-state index in [-0.39, 0.29) is 6.10 Å². The highest BCUT2D eigenvalue weighted by Crippen LogP contribution is 2.24. The number of anilines is 1. The van der Waals surface area contributed by atoms with Crippen LogP contribution in [0.1, 0.15) is 6.42 Å². The molecule has 1 unspecified atom stereocenters. The highest BCUT2D eigenvalue weighted by Gasteiger charge is 2.23. The summed E-state index contributed by atoms with van der Waals surface area (Å²) in [4.78, 5) is 2.38. The number of hydrogen-bond acceptors (Lipinski definition) is 2. The lowest BCUT2D eigenvalue weighted by Gasteiger charge is -2.19. The minimum atomic E-state index is 0.279. The van der Waals surface area contributed by atoms with Gasteiger partial charge in [-0.2, -0.15) is 0 Å². The average molecular weight is 318 g/mol. The molecule has 0 amide bonds. The second-order valence-electron chi connectivity index (χ2n) is 4.76. The van der Waals surface area contributed by atoms with Crippen LogP contribution in [0.3, 0.4) is 0 Å². The van der Waals surface area contributed by atoms with Crippen molar-refractivity contribution >= 4 is 21.6 Å². The molecule has 0 bridgehead atoms. The van der Waals surface area contributed by atoms with Gasteiger partial charge in [0.2, 0.25) is 0 Å². The lowest BCUT2D eigenvalue weighted by atomic mass is 10.3. The molecule has 1 atom stereocenters. The summed E-state index contributed by atoms with van der Waals surface area (Å²) in [5, 5.41) is 0. The molecule has 1 saturated heterocycles. The molecule has 1 heterocycles. The fourth-order valence-corrected chi connectivity index (χ4v) is 2.67. The molecular formula is C16H16BrNO. The van der Waals surface area contributed by atoms with Gasteiger partial charge in [-0.15, -0.1) is 0 Å². The molecule has 0 saturated carbocycles.